The van der Waals surface area contributed by atoms with Gasteiger partial charge in [0, 0.05) is 50.0 Å². The molecule has 2 saturated heterocycles. The Morgan fingerprint density at radius 3 is 2.50 bits per heavy atom. The van der Waals surface area contributed by atoms with Crippen molar-refractivity contribution in [1.29, 1.82) is 0 Å². The van der Waals surface area contributed by atoms with Gasteiger partial charge in [0.1, 0.15) is 5.75 Å². The number of hydrogen-bond acceptors (Lipinski definition) is 6. The number of halogens is 1. The van der Waals surface area contributed by atoms with Gasteiger partial charge in [-0.2, -0.15) is 0 Å². The van der Waals surface area contributed by atoms with Crippen LogP contribution < -0.4 is 14.5 Å². The van der Waals surface area contributed by atoms with Gasteiger partial charge in [0.25, 0.3) is 0 Å². The lowest BCUT2D eigenvalue weighted by Gasteiger charge is -2.43. The van der Waals surface area contributed by atoms with E-state index in [-0.39, 0.29) is 11.8 Å². The van der Waals surface area contributed by atoms with Crippen LogP contribution in [0.3, 0.4) is 0 Å². The topological polar surface area (TPSA) is 48.9 Å². The predicted molar refractivity (Wildman–Crippen MR) is 122 cm³/mol. The number of anilines is 2. The number of rotatable bonds is 4. The van der Waals surface area contributed by atoms with Gasteiger partial charge in [-0.05, 0) is 42.5 Å². The van der Waals surface area contributed by atoms with Crippen LogP contribution in [-0.2, 0) is 4.79 Å². The van der Waals surface area contributed by atoms with Gasteiger partial charge in [0.15, 0.2) is 5.13 Å². The Bertz CT molecular complexity index is 1060. The Balaban J connectivity index is 1.16. The molecular weight excluding hydrogens is 420 g/mol. The fourth-order valence-electron chi connectivity index (χ4n) is 4.04. The molecule has 30 heavy (non-hydrogen) atoms. The molecule has 2 fully saturated rings. The van der Waals surface area contributed by atoms with E-state index in [1.165, 1.54) is 0 Å². The minimum atomic E-state index is 0.0635. The summed E-state index contributed by atoms with van der Waals surface area (Å²) in [5.41, 5.74) is 2.14. The molecule has 0 radical (unpaired) electrons. The van der Waals surface area contributed by atoms with Crippen LogP contribution in [0.25, 0.3) is 10.2 Å². The van der Waals surface area contributed by atoms with Crippen molar-refractivity contribution in [3.05, 3.63) is 47.5 Å². The zero-order valence-corrected chi connectivity index (χ0v) is 18.3. The van der Waals surface area contributed by atoms with E-state index in [0.717, 1.165) is 71.1 Å². The van der Waals surface area contributed by atoms with Crippen molar-refractivity contribution in [2.45, 2.75) is 0 Å². The number of carbonyl (C=O) groups excluding carboxylic acids is 1. The molecule has 3 heterocycles. The van der Waals surface area contributed by atoms with E-state index in [1.807, 2.05) is 47.4 Å². The van der Waals surface area contributed by atoms with Gasteiger partial charge in [-0.15, -0.1) is 0 Å². The van der Waals surface area contributed by atoms with E-state index < -0.39 is 0 Å². The summed E-state index contributed by atoms with van der Waals surface area (Å²) in [7, 11) is 1.67. The van der Waals surface area contributed by atoms with E-state index in [9.17, 15) is 4.79 Å². The Kier molecular flexibility index (Phi) is 5.16. The van der Waals surface area contributed by atoms with Crippen molar-refractivity contribution in [3.8, 4) is 5.75 Å². The molecule has 5 rings (SSSR count). The molecule has 0 unspecified atom stereocenters. The van der Waals surface area contributed by atoms with Crippen molar-refractivity contribution in [3.63, 3.8) is 0 Å². The van der Waals surface area contributed by atoms with E-state index in [4.69, 9.17) is 21.3 Å². The molecule has 2 aromatic carbocycles. The second-order valence-corrected chi connectivity index (χ2v) is 9.17. The number of fused-ring (bicyclic) bond motifs is 1. The smallest absolute Gasteiger partial charge is 0.229 e. The van der Waals surface area contributed by atoms with Crippen molar-refractivity contribution in [2.75, 3.05) is 56.2 Å². The quantitative estimate of drug-likeness (QED) is 0.616. The molecule has 2 aliphatic heterocycles. The van der Waals surface area contributed by atoms with E-state index >= 15 is 0 Å². The van der Waals surface area contributed by atoms with Crippen molar-refractivity contribution in [2.24, 2.45) is 5.92 Å². The first-order valence-electron chi connectivity index (χ1n) is 10.1. The Labute approximate surface area is 184 Å². The lowest BCUT2D eigenvalue weighted by Crippen LogP contribution is -2.58. The highest BCUT2D eigenvalue weighted by atomic mass is 35.5. The molecule has 0 saturated carbocycles. The molecule has 0 spiro atoms. The van der Waals surface area contributed by atoms with Gasteiger partial charge in [0.2, 0.25) is 5.91 Å². The molecule has 1 amide bonds. The third-order valence-corrected chi connectivity index (χ3v) is 7.20. The fourth-order valence-corrected chi connectivity index (χ4v) is 5.18. The highest BCUT2D eigenvalue weighted by Gasteiger charge is 2.37. The summed E-state index contributed by atoms with van der Waals surface area (Å²) >= 11 is 7.63. The third kappa shape index (κ3) is 3.68. The Hall–Kier alpha value is -2.51. The van der Waals surface area contributed by atoms with Crippen LogP contribution in [0.15, 0.2) is 42.5 Å². The van der Waals surface area contributed by atoms with Gasteiger partial charge in [-0.3, -0.25) is 4.79 Å². The maximum Gasteiger partial charge on any atom is 0.229 e. The zero-order valence-electron chi connectivity index (χ0n) is 16.8. The van der Waals surface area contributed by atoms with Gasteiger partial charge in [0.05, 0.1) is 23.2 Å². The first-order valence-corrected chi connectivity index (χ1v) is 11.3. The normalized spacial score (nSPS) is 17.3. The van der Waals surface area contributed by atoms with Crippen LogP contribution in [0.5, 0.6) is 5.75 Å². The number of carbonyl (C=O) groups is 1. The molecule has 1 aromatic heterocycles. The minimum absolute atomic E-state index is 0.0635. The number of amides is 1. The minimum Gasteiger partial charge on any atom is -0.497 e. The van der Waals surface area contributed by atoms with Gasteiger partial charge in [-0.1, -0.05) is 22.9 Å². The molecule has 8 heteroatoms. The van der Waals surface area contributed by atoms with Crippen LogP contribution in [0.2, 0.25) is 5.02 Å². The lowest BCUT2D eigenvalue weighted by atomic mass is 9.99. The Morgan fingerprint density at radius 1 is 1.07 bits per heavy atom. The number of benzene rings is 2. The van der Waals surface area contributed by atoms with Gasteiger partial charge < -0.3 is 19.4 Å². The third-order valence-electron chi connectivity index (χ3n) is 5.87. The summed E-state index contributed by atoms with van der Waals surface area (Å²) < 4.78 is 6.40. The lowest BCUT2D eigenvalue weighted by molar-refractivity contribution is -0.136. The maximum atomic E-state index is 12.9. The monoisotopic (exact) mass is 442 g/mol. The van der Waals surface area contributed by atoms with Crippen molar-refractivity contribution in [1.82, 2.24) is 9.88 Å². The van der Waals surface area contributed by atoms with Crippen LogP contribution in [-0.4, -0.2) is 62.2 Å². The maximum absolute atomic E-state index is 12.9. The first kappa shape index (κ1) is 19.5. The average molecular weight is 443 g/mol. The van der Waals surface area contributed by atoms with E-state index in [2.05, 4.69) is 9.80 Å². The summed E-state index contributed by atoms with van der Waals surface area (Å²) in [4.78, 5) is 24.2. The summed E-state index contributed by atoms with van der Waals surface area (Å²) in [6.07, 6.45) is 0. The fraction of sp³-hybridized carbons (Fsp3) is 0.364. The summed E-state index contributed by atoms with van der Waals surface area (Å²) in [5, 5.41) is 1.73. The van der Waals surface area contributed by atoms with Crippen LogP contribution in [0.1, 0.15) is 0 Å². The number of hydrogen-bond donors (Lipinski definition) is 0. The van der Waals surface area contributed by atoms with Crippen LogP contribution in [0.4, 0.5) is 10.8 Å². The van der Waals surface area contributed by atoms with Gasteiger partial charge >= 0.3 is 0 Å². The Morgan fingerprint density at radius 2 is 1.80 bits per heavy atom. The number of nitrogens with zero attached hydrogens (tertiary/aromatic N) is 4. The second kappa shape index (κ2) is 7.96. The van der Waals surface area contributed by atoms with Gasteiger partial charge in [-0.25, -0.2) is 4.98 Å². The number of methoxy groups -OCH3 is 1. The van der Waals surface area contributed by atoms with E-state index in [0.29, 0.717) is 0 Å². The number of ether oxygens (including phenoxy) is 1. The first-order chi connectivity index (χ1) is 14.6. The highest BCUT2D eigenvalue weighted by Crippen LogP contribution is 2.35. The highest BCUT2D eigenvalue weighted by molar-refractivity contribution is 7.22. The standard InChI is InChI=1S/C22H23ClN4O2S/c1-29-18-6-7-19-20(12-18)30-22(24-19)27-13-15(14-27)21(28)26-10-8-25(9-11-26)17-4-2-16(23)3-5-17/h2-7,12,15H,8-11,13-14H2,1H3. The predicted octanol–water partition coefficient (Wildman–Crippen LogP) is 3.74. The number of aromatic nitrogens is 1. The molecule has 0 N–H and O–H groups in total. The molecular formula is C22H23ClN4O2S. The molecule has 0 atom stereocenters. The number of piperazine rings is 1. The summed E-state index contributed by atoms with van der Waals surface area (Å²) in [5.74, 6) is 1.17. The second-order valence-electron chi connectivity index (χ2n) is 7.72. The van der Waals surface area contributed by atoms with Crippen molar-refractivity contribution < 1.29 is 9.53 Å². The zero-order chi connectivity index (χ0) is 20.7. The SMILES string of the molecule is COc1ccc2nc(N3CC(C(=O)N4CCN(c5ccc(Cl)cc5)CC4)C3)sc2c1. The molecule has 2 aliphatic rings. The molecule has 3 aromatic rings. The summed E-state index contributed by atoms with van der Waals surface area (Å²) in [6, 6.07) is 13.8. The van der Waals surface area contributed by atoms with Crippen LogP contribution in [0, 0.1) is 5.92 Å². The van der Waals surface area contributed by atoms with Crippen LogP contribution >= 0.6 is 22.9 Å². The largest absolute Gasteiger partial charge is 0.497 e. The average Bonchev–Trinajstić information content (AvgIpc) is 3.15. The van der Waals surface area contributed by atoms with Crippen molar-refractivity contribution >= 4 is 49.9 Å². The van der Waals surface area contributed by atoms with E-state index in [1.54, 1.807) is 18.4 Å². The number of thiazole rings is 1. The molecule has 6 nitrogen and oxygen atoms in total. The molecule has 156 valence electrons. The molecule has 0 aliphatic carbocycles. The summed E-state index contributed by atoms with van der Waals surface area (Å²) in [6.45, 7) is 4.71. The molecule has 0 bridgehead atoms.